The Bertz CT molecular complexity index is 399. The number of aromatic nitrogens is 1. The lowest BCUT2D eigenvalue weighted by Crippen LogP contribution is -2.10. The summed E-state index contributed by atoms with van der Waals surface area (Å²) in [6.45, 7) is 1.97. The Morgan fingerprint density at radius 1 is 1.53 bits per heavy atom. The molecule has 6 heteroatoms. The highest BCUT2D eigenvalue weighted by atomic mass is 35.5. The minimum Gasteiger partial charge on any atom is -0.466 e. The van der Waals surface area contributed by atoms with Gasteiger partial charge in [-0.25, -0.2) is 8.78 Å². The number of carbonyl (C=O) groups is 1. The monoisotopic (exact) mass is 263 g/mol. The average molecular weight is 264 g/mol. The van der Waals surface area contributed by atoms with Gasteiger partial charge < -0.3 is 4.74 Å². The number of esters is 1. The Morgan fingerprint density at radius 3 is 2.76 bits per heavy atom. The van der Waals surface area contributed by atoms with Crippen LogP contribution in [0.15, 0.2) is 12.1 Å². The van der Waals surface area contributed by atoms with Crippen LogP contribution in [0.1, 0.15) is 30.3 Å². The summed E-state index contributed by atoms with van der Waals surface area (Å²) >= 11 is 5.61. The van der Waals surface area contributed by atoms with E-state index in [1.165, 1.54) is 12.1 Å². The molecule has 0 amide bonds. The van der Waals surface area contributed by atoms with Gasteiger partial charge in [-0.1, -0.05) is 6.07 Å². The normalized spacial score (nSPS) is 10.6. The van der Waals surface area contributed by atoms with Crippen molar-refractivity contribution in [2.45, 2.75) is 25.7 Å². The molecule has 94 valence electrons. The number of pyridine rings is 1. The maximum Gasteiger partial charge on any atom is 0.310 e. The number of hydrogen-bond acceptors (Lipinski definition) is 3. The molecule has 1 heterocycles. The van der Waals surface area contributed by atoms with E-state index >= 15 is 0 Å². The fourth-order valence-electron chi connectivity index (χ4n) is 1.31. The van der Waals surface area contributed by atoms with Gasteiger partial charge in [-0.2, -0.15) is 0 Å². The quantitative estimate of drug-likeness (QED) is 0.606. The molecule has 3 nitrogen and oxygen atoms in total. The molecule has 0 radical (unpaired) electrons. The van der Waals surface area contributed by atoms with Crippen LogP contribution < -0.4 is 0 Å². The fourth-order valence-corrected chi connectivity index (χ4v) is 1.54. The molecule has 0 saturated carbocycles. The summed E-state index contributed by atoms with van der Waals surface area (Å²) in [4.78, 5) is 15.0. The maximum atomic E-state index is 12.4. The zero-order valence-corrected chi connectivity index (χ0v) is 10.0. The van der Waals surface area contributed by atoms with Crippen molar-refractivity contribution in [3.63, 3.8) is 0 Å². The van der Waals surface area contributed by atoms with Crippen molar-refractivity contribution in [2.24, 2.45) is 0 Å². The number of nitrogens with zero attached hydrogens (tertiary/aromatic N) is 1. The van der Waals surface area contributed by atoms with Gasteiger partial charge in [0, 0.05) is 0 Å². The van der Waals surface area contributed by atoms with E-state index in [9.17, 15) is 13.6 Å². The van der Waals surface area contributed by atoms with Crippen molar-refractivity contribution in [1.82, 2.24) is 4.98 Å². The fraction of sp³-hybridized carbons (Fsp3) is 0.455. The lowest BCUT2D eigenvalue weighted by atomic mass is 10.1. The van der Waals surface area contributed by atoms with E-state index in [2.05, 4.69) is 4.98 Å². The lowest BCUT2D eigenvalue weighted by molar-refractivity contribution is -0.142. The molecule has 0 atom stereocenters. The van der Waals surface area contributed by atoms with E-state index in [0.717, 1.165) is 0 Å². The van der Waals surface area contributed by atoms with Crippen LogP contribution in [0.25, 0.3) is 0 Å². The second-order valence-electron chi connectivity index (χ2n) is 3.26. The number of rotatable bonds is 5. The van der Waals surface area contributed by atoms with E-state index in [1.807, 2.05) is 0 Å². The van der Waals surface area contributed by atoms with Gasteiger partial charge in [0.2, 0.25) is 0 Å². The third-order valence-corrected chi connectivity index (χ3v) is 2.33. The molecule has 0 N–H and O–H groups in total. The molecular weight excluding hydrogens is 252 g/mol. The van der Waals surface area contributed by atoms with Crippen LogP contribution in [0.2, 0.25) is 0 Å². The van der Waals surface area contributed by atoms with E-state index < -0.39 is 12.4 Å². The molecule has 1 aromatic rings. The van der Waals surface area contributed by atoms with Gasteiger partial charge in [0.15, 0.2) is 0 Å². The molecule has 0 unspecified atom stereocenters. The van der Waals surface area contributed by atoms with Crippen LogP contribution in [0, 0.1) is 0 Å². The molecule has 1 aromatic heterocycles. The summed E-state index contributed by atoms with van der Waals surface area (Å²) in [5.41, 5.74) is 0.466. The highest BCUT2D eigenvalue weighted by molar-refractivity contribution is 6.17. The van der Waals surface area contributed by atoms with Gasteiger partial charge in [0.25, 0.3) is 6.43 Å². The third-order valence-electron chi connectivity index (χ3n) is 2.08. The minimum absolute atomic E-state index is 0.00753. The van der Waals surface area contributed by atoms with Gasteiger partial charge in [0.05, 0.1) is 24.6 Å². The summed E-state index contributed by atoms with van der Waals surface area (Å²) in [6, 6.07) is 2.62. The lowest BCUT2D eigenvalue weighted by Gasteiger charge is -2.08. The molecule has 0 fully saturated rings. The average Bonchev–Trinajstić information content (AvgIpc) is 2.29. The van der Waals surface area contributed by atoms with Crippen LogP contribution in [-0.4, -0.2) is 17.6 Å². The summed E-state index contributed by atoms with van der Waals surface area (Å²) in [6.07, 6.45) is -2.65. The number of halogens is 3. The van der Waals surface area contributed by atoms with E-state index in [4.69, 9.17) is 16.3 Å². The van der Waals surface area contributed by atoms with Gasteiger partial charge >= 0.3 is 5.97 Å². The van der Waals surface area contributed by atoms with Crippen molar-refractivity contribution >= 4 is 17.6 Å². The smallest absolute Gasteiger partial charge is 0.310 e. The first kappa shape index (κ1) is 13.8. The Kier molecular flexibility index (Phi) is 5.28. The number of hydrogen-bond donors (Lipinski definition) is 0. The zero-order chi connectivity index (χ0) is 12.8. The van der Waals surface area contributed by atoms with Crippen molar-refractivity contribution in [3.05, 3.63) is 29.1 Å². The maximum absolute atomic E-state index is 12.4. The second kappa shape index (κ2) is 6.49. The Hall–Kier alpha value is -1.23. The summed E-state index contributed by atoms with van der Waals surface area (Å²) in [5, 5.41) is 0. The van der Waals surface area contributed by atoms with Crippen LogP contribution in [0.3, 0.4) is 0 Å². The van der Waals surface area contributed by atoms with Crippen LogP contribution >= 0.6 is 11.6 Å². The third kappa shape index (κ3) is 3.93. The number of carbonyl (C=O) groups excluding carboxylic acids is 1. The van der Waals surface area contributed by atoms with E-state index in [-0.39, 0.29) is 30.3 Å². The first-order chi connectivity index (χ1) is 8.08. The minimum atomic E-state index is -2.64. The van der Waals surface area contributed by atoms with Gasteiger partial charge in [-0.05, 0) is 18.6 Å². The van der Waals surface area contributed by atoms with E-state index in [0.29, 0.717) is 5.56 Å². The first-order valence-electron chi connectivity index (χ1n) is 5.06. The zero-order valence-electron chi connectivity index (χ0n) is 9.25. The largest absolute Gasteiger partial charge is 0.466 e. The molecule has 0 spiro atoms. The number of ether oxygens (including phenoxy) is 1. The topological polar surface area (TPSA) is 39.2 Å². The molecule has 17 heavy (non-hydrogen) atoms. The van der Waals surface area contributed by atoms with Crippen LogP contribution in [0.5, 0.6) is 0 Å². The van der Waals surface area contributed by atoms with Crippen LogP contribution in [0.4, 0.5) is 8.78 Å². The summed E-state index contributed by atoms with van der Waals surface area (Å²) < 4.78 is 29.6. The SMILES string of the molecule is CCOC(=O)Cc1ccc(C(F)F)nc1CCl. The molecule has 0 aliphatic carbocycles. The molecular formula is C11H12ClF2NO2. The van der Waals surface area contributed by atoms with Gasteiger partial charge in [-0.15, -0.1) is 11.6 Å². The van der Waals surface area contributed by atoms with Crippen molar-refractivity contribution in [2.75, 3.05) is 6.61 Å². The molecule has 1 rings (SSSR count). The highest BCUT2D eigenvalue weighted by Crippen LogP contribution is 2.20. The van der Waals surface area contributed by atoms with Gasteiger partial charge in [-0.3, -0.25) is 9.78 Å². The predicted octanol–water partition coefficient (Wildman–Crippen LogP) is 2.86. The molecule has 0 saturated heterocycles. The molecule has 0 aromatic carbocycles. The standard InChI is InChI=1S/C11H12ClF2NO2/c1-2-17-10(16)5-7-3-4-8(11(13)14)15-9(7)6-12/h3-4,11H,2,5-6H2,1H3. The van der Waals surface area contributed by atoms with Crippen LogP contribution in [-0.2, 0) is 21.8 Å². The Labute approximate surface area is 103 Å². The molecule has 0 aliphatic rings. The molecule has 0 bridgehead atoms. The second-order valence-corrected chi connectivity index (χ2v) is 3.53. The predicted molar refractivity (Wildman–Crippen MR) is 59.1 cm³/mol. The number of alkyl halides is 3. The molecule has 0 aliphatic heterocycles. The highest BCUT2D eigenvalue weighted by Gasteiger charge is 2.14. The van der Waals surface area contributed by atoms with Crippen molar-refractivity contribution < 1.29 is 18.3 Å². The van der Waals surface area contributed by atoms with E-state index in [1.54, 1.807) is 6.92 Å². The summed E-state index contributed by atoms with van der Waals surface area (Å²) in [5.74, 6) is -0.444. The van der Waals surface area contributed by atoms with Crippen molar-refractivity contribution in [1.29, 1.82) is 0 Å². The van der Waals surface area contributed by atoms with Gasteiger partial charge in [0.1, 0.15) is 5.69 Å². The first-order valence-corrected chi connectivity index (χ1v) is 5.60. The summed E-state index contributed by atoms with van der Waals surface area (Å²) in [7, 11) is 0. The Balaban J connectivity index is 2.89. The Morgan fingerprint density at radius 2 is 2.24 bits per heavy atom. The van der Waals surface area contributed by atoms with Crippen molar-refractivity contribution in [3.8, 4) is 0 Å².